The zero-order valence-electron chi connectivity index (χ0n) is 21.8. The second-order valence-corrected chi connectivity index (χ2v) is 10.7. The van der Waals surface area contributed by atoms with Crippen molar-refractivity contribution in [2.24, 2.45) is 0 Å². The SMILES string of the molecule is CC(=O)N1CCN(c2ncc(N3C[C@]4(CC[C@](c5ccccc5)(N(C)C)CC4)NC3=O)c(C)n2)CC1. The fraction of sp³-hybridized carbons (Fsp3) is 0.556. The van der Waals surface area contributed by atoms with E-state index in [4.69, 9.17) is 4.98 Å². The number of hydrogen-bond acceptors (Lipinski definition) is 6. The minimum atomic E-state index is -0.237. The van der Waals surface area contributed by atoms with E-state index in [0.29, 0.717) is 38.7 Å². The van der Waals surface area contributed by atoms with Crippen LogP contribution < -0.4 is 15.1 Å². The number of nitrogens with one attached hydrogen (secondary N) is 1. The van der Waals surface area contributed by atoms with Gasteiger partial charge in [-0.1, -0.05) is 30.3 Å². The quantitative estimate of drug-likeness (QED) is 0.708. The number of piperazine rings is 1. The summed E-state index contributed by atoms with van der Waals surface area (Å²) in [6.07, 6.45) is 5.59. The molecule has 0 unspecified atom stereocenters. The predicted molar refractivity (Wildman–Crippen MR) is 140 cm³/mol. The molecule has 5 rings (SSSR count). The van der Waals surface area contributed by atoms with Crippen molar-refractivity contribution in [1.82, 2.24) is 25.1 Å². The monoisotopic (exact) mass is 491 g/mol. The molecule has 1 N–H and O–H groups in total. The number of urea groups is 1. The summed E-state index contributed by atoms with van der Waals surface area (Å²) < 4.78 is 0. The first-order chi connectivity index (χ1) is 17.2. The van der Waals surface area contributed by atoms with Crippen molar-refractivity contribution in [3.8, 4) is 0 Å². The number of carbonyl (C=O) groups is 2. The summed E-state index contributed by atoms with van der Waals surface area (Å²) in [6, 6.07) is 10.7. The lowest BCUT2D eigenvalue weighted by Crippen LogP contribution is -2.54. The van der Waals surface area contributed by atoms with Crippen LogP contribution in [-0.4, -0.2) is 84.1 Å². The molecule has 36 heavy (non-hydrogen) atoms. The smallest absolute Gasteiger partial charge is 0.322 e. The molecule has 1 spiro atoms. The predicted octanol–water partition coefficient (Wildman–Crippen LogP) is 2.75. The highest BCUT2D eigenvalue weighted by Gasteiger charge is 2.50. The Balaban J connectivity index is 1.29. The number of aromatic nitrogens is 2. The lowest BCUT2D eigenvalue weighted by molar-refractivity contribution is -0.129. The average molecular weight is 492 g/mol. The van der Waals surface area contributed by atoms with Crippen LogP contribution in [0.4, 0.5) is 16.4 Å². The van der Waals surface area contributed by atoms with Crippen molar-refractivity contribution < 1.29 is 9.59 Å². The zero-order valence-corrected chi connectivity index (χ0v) is 21.8. The Morgan fingerprint density at radius 3 is 2.28 bits per heavy atom. The number of nitrogens with zero attached hydrogens (tertiary/aromatic N) is 6. The van der Waals surface area contributed by atoms with Crippen molar-refractivity contribution in [3.63, 3.8) is 0 Å². The van der Waals surface area contributed by atoms with Crippen LogP contribution >= 0.6 is 0 Å². The third-order valence-corrected chi connectivity index (χ3v) is 8.52. The van der Waals surface area contributed by atoms with Gasteiger partial charge < -0.3 is 15.1 Å². The summed E-state index contributed by atoms with van der Waals surface area (Å²) in [5.41, 5.74) is 2.65. The first-order valence-corrected chi connectivity index (χ1v) is 12.9. The summed E-state index contributed by atoms with van der Waals surface area (Å²) in [7, 11) is 4.32. The molecule has 1 saturated carbocycles. The Kier molecular flexibility index (Phi) is 6.36. The number of benzene rings is 1. The summed E-state index contributed by atoms with van der Waals surface area (Å²) in [5, 5.41) is 3.33. The van der Waals surface area contributed by atoms with Crippen LogP contribution in [0.2, 0.25) is 0 Å². The Hall–Kier alpha value is -3.20. The molecule has 3 heterocycles. The van der Waals surface area contributed by atoms with Crippen LogP contribution in [0.1, 0.15) is 43.9 Å². The maximum atomic E-state index is 13.2. The van der Waals surface area contributed by atoms with Crippen LogP contribution in [0, 0.1) is 6.92 Å². The second-order valence-electron chi connectivity index (χ2n) is 10.7. The standard InChI is InChI=1S/C27H37N7O2/c1-20-23(18-28-24(29-20)33-16-14-32(15-17-33)21(2)35)34-19-26(30-25(34)36)10-12-27(13-11-26,31(3)4)22-8-6-5-7-9-22/h5-9,18H,10-17,19H2,1-4H3,(H,30,36)/t26-,27+. The van der Waals surface area contributed by atoms with E-state index in [1.54, 1.807) is 13.1 Å². The van der Waals surface area contributed by atoms with Crippen molar-refractivity contribution in [3.05, 3.63) is 47.8 Å². The van der Waals surface area contributed by atoms with Gasteiger partial charge in [-0.15, -0.1) is 0 Å². The van der Waals surface area contributed by atoms with Crippen LogP contribution in [0.5, 0.6) is 0 Å². The molecule has 3 fully saturated rings. The third-order valence-electron chi connectivity index (χ3n) is 8.52. The van der Waals surface area contributed by atoms with E-state index in [2.05, 4.69) is 64.5 Å². The van der Waals surface area contributed by atoms with Crippen molar-refractivity contribution in [2.75, 3.05) is 56.6 Å². The zero-order chi connectivity index (χ0) is 25.5. The van der Waals surface area contributed by atoms with E-state index in [-0.39, 0.29) is 23.0 Å². The van der Waals surface area contributed by atoms with Crippen LogP contribution in [0.25, 0.3) is 0 Å². The lowest BCUT2D eigenvalue weighted by atomic mass is 9.69. The molecular weight excluding hydrogens is 454 g/mol. The molecule has 3 aliphatic rings. The molecule has 1 aromatic carbocycles. The highest BCUT2D eigenvalue weighted by atomic mass is 16.2. The molecule has 192 valence electrons. The van der Waals surface area contributed by atoms with Gasteiger partial charge in [0.25, 0.3) is 0 Å². The summed E-state index contributed by atoms with van der Waals surface area (Å²) in [5.74, 6) is 0.760. The van der Waals surface area contributed by atoms with Crippen LogP contribution in [0.15, 0.2) is 36.5 Å². The lowest BCUT2D eigenvalue weighted by Gasteiger charge is -2.48. The van der Waals surface area contributed by atoms with E-state index < -0.39 is 0 Å². The molecule has 2 saturated heterocycles. The van der Waals surface area contributed by atoms with Gasteiger partial charge in [-0.2, -0.15) is 0 Å². The number of rotatable bonds is 4. The molecule has 1 aliphatic carbocycles. The molecule has 3 amide bonds. The highest BCUT2D eigenvalue weighted by Crippen LogP contribution is 2.46. The van der Waals surface area contributed by atoms with Gasteiger partial charge in [-0.3, -0.25) is 14.6 Å². The minimum Gasteiger partial charge on any atom is -0.339 e. The van der Waals surface area contributed by atoms with E-state index in [1.807, 2.05) is 16.7 Å². The Bertz CT molecular complexity index is 1120. The van der Waals surface area contributed by atoms with Gasteiger partial charge in [0.15, 0.2) is 0 Å². The maximum Gasteiger partial charge on any atom is 0.322 e. The van der Waals surface area contributed by atoms with Crippen molar-refractivity contribution in [1.29, 1.82) is 0 Å². The van der Waals surface area contributed by atoms with E-state index in [1.165, 1.54) is 5.56 Å². The Morgan fingerprint density at radius 1 is 1.03 bits per heavy atom. The molecule has 0 bridgehead atoms. The number of aryl methyl sites for hydroxylation is 1. The van der Waals surface area contributed by atoms with Gasteiger partial charge in [-0.25, -0.2) is 14.8 Å². The molecular formula is C27H37N7O2. The second kappa shape index (κ2) is 9.35. The molecule has 2 aromatic rings. The van der Waals surface area contributed by atoms with E-state index >= 15 is 0 Å². The summed E-state index contributed by atoms with van der Waals surface area (Å²) >= 11 is 0. The fourth-order valence-electron chi connectivity index (χ4n) is 6.16. The molecule has 1 aromatic heterocycles. The number of anilines is 2. The molecule has 9 nitrogen and oxygen atoms in total. The summed E-state index contributed by atoms with van der Waals surface area (Å²) in [6.45, 7) is 6.94. The van der Waals surface area contributed by atoms with Crippen molar-refractivity contribution in [2.45, 2.75) is 50.6 Å². The van der Waals surface area contributed by atoms with Crippen LogP contribution in [-0.2, 0) is 10.3 Å². The first-order valence-electron chi connectivity index (χ1n) is 12.9. The van der Waals surface area contributed by atoms with E-state index in [0.717, 1.165) is 37.1 Å². The number of amides is 3. The molecule has 9 heteroatoms. The third kappa shape index (κ3) is 4.30. The molecule has 0 atom stereocenters. The topological polar surface area (TPSA) is 84.9 Å². The van der Waals surface area contributed by atoms with Gasteiger partial charge in [0.1, 0.15) is 0 Å². The van der Waals surface area contributed by atoms with Crippen LogP contribution in [0.3, 0.4) is 0 Å². The van der Waals surface area contributed by atoms with Gasteiger partial charge in [0.2, 0.25) is 11.9 Å². The summed E-state index contributed by atoms with van der Waals surface area (Å²) in [4.78, 5) is 42.2. The Labute approximate surface area is 213 Å². The normalized spacial score (nSPS) is 26.6. The molecule has 0 radical (unpaired) electrons. The van der Waals surface area contributed by atoms with Gasteiger partial charge >= 0.3 is 6.03 Å². The minimum absolute atomic E-state index is 0.0161. The first kappa shape index (κ1) is 24.5. The van der Waals surface area contributed by atoms with E-state index in [9.17, 15) is 9.59 Å². The van der Waals surface area contributed by atoms with Gasteiger partial charge in [0, 0.05) is 38.6 Å². The highest BCUT2D eigenvalue weighted by molar-refractivity contribution is 5.95. The van der Waals surface area contributed by atoms with Gasteiger partial charge in [-0.05, 0) is 52.3 Å². The number of hydrogen-bond donors (Lipinski definition) is 1. The molecule has 2 aliphatic heterocycles. The average Bonchev–Trinajstić information content (AvgIpc) is 3.20. The van der Waals surface area contributed by atoms with Crippen molar-refractivity contribution >= 4 is 23.6 Å². The maximum absolute atomic E-state index is 13.2. The fourth-order valence-corrected chi connectivity index (χ4v) is 6.16. The van der Waals surface area contributed by atoms with Gasteiger partial charge in [0.05, 0.1) is 29.7 Å². The largest absolute Gasteiger partial charge is 0.339 e. The number of carbonyl (C=O) groups excluding carboxylic acids is 2. The Morgan fingerprint density at radius 2 is 1.69 bits per heavy atom.